The Bertz CT molecular complexity index is 191. The molecule has 2 nitrogen and oxygen atoms in total. The molecular formula is C14H28O2. The molecule has 16 heavy (non-hydrogen) atoms. The summed E-state index contributed by atoms with van der Waals surface area (Å²) in [5.74, 6) is 1.44. The molecule has 0 aromatic carbocycles. The predicted octanol–water partition coefficient (Wildman–Crippen LogP) is 3.38. The van der Waals surface area contributed by atoms with E-state index in [-0.39, 0.29) is 0 Å². The van der Waals surface area contributed by atoms with Crippen LogP contribution in [0.1, 0.15) is 59.3 Å². The minimum absolute atomic E-state index is 0.535. The number of ether oxygens (including phenoxy) is 1. The van der Waals surface area contributed by atoms with Crippen molar-refractivity contribution in [3.05, 3.63) is 0 Å². The van der Waals surface area contributed by atoms with Gasteiger partial charge in [0.15, 0.2) is 0 Å². The molecular weight excluding hydrogens is 200 g/mol. The third-order valence-electron chi connectivity index (χ3n) is 3.45. The fourth-order valence-corrected chi connectivity index (χ4v) is 2.87. The second-order valence-corrected chi connectivity index (χ2v) is 5.87. The highest BCUT2D eigenvalue weighted by Crippen LogP contribution is 2.35. The van der Waals surface area contributed by atoms with E-state index in [1.807, 2.05) is 0 Å². The highest BCUT2D eigenvalue weighted by Gasteiger charge is 2.34. The summed E-state index contributed by atoms with van der Waals surface area (Å²) < 4.78 is 5.53. The Kier molecular flexibility index (Phi) is 5.77. The monoisotopic (exact) mass is 228 g/mol. The van der Waals surface area contributed by atoms with Crippen LogP contribution in [0.25, 0.3) is 0 Å². The molecule has 1 aliphatic rings. The van der Waals surface area contributed by atoms with Crippen molar-refractivity contribution >= 4 is 0 Å². The van der Waals surface area contributed by atoms with Gasteiger partial charge in [-0.2, -0.15) is 0 Å². The summed E-state index contributed by atoms with van der Waals surface area (Å²) in [4.78, 5) is 0. The third-order valence-corrected chi connectivity index (χ3v) is 3.45. The predicted molar refractivity (Wildman–Crippen MR) is 67.5 cm³/mol. The van der Waals surface area contributed by atoms with Crippen LogP contribution in [0, 0.1) is 11.8 Å². The summed E-state index contributed by atoms with van der Waals surface area (Å²) in [5, 5.41) is 10.5. The van der Waals surface area contributed by atoms with Crippen LogP contribution in [0.2, 0.25) is 0 Å². The van der Waals surface area contributed by atoms with E-state index in [0.29, 0.717) is 12.5 Å². The van der Waals surface area contributed by atoms with Crippen molar-refractivity contribution in [2.45, 2.75) is 64.9 Å². The van der Waals surface area contributed by atoms with Crippen molar-refractivity contribution in [1.29, 1.82) is 0 Å². The molecule has 0 aromatic heterocycles. The van der Waals surface area contributed by atoms with Crippen LogP contribution in [-0.4, -0.2) is 23.9 Å². The molecule has 0 aromatic rings. The summed E-state index contributed by atoms with van der Waals surface area (Å²) in [6, 6.07) is 0. The minimum atomic E-state index is -0.535. The summed E-state index contributed by atoms with van der Waals surface area (Å²) in [5.41, 5.74) is -0.535. The van der Waals surface area contributed by atoms with E-state index in [9.17, 15) is 5.11 Å². The van der Waals surface area contributed by atoms with Crippen LogP contribution in [-0.2, 0) is 4.74 Å². The fourth-order valence-electron chi connectivity index (χ4n) is 2.87. The lowest BCUT2D eigenvalue weighted by molar-refractivity contribution is -0.0820. The van der Waals surface area contributed by atoms with Crippen LogP contribution in [0.3, 0.4) is 0 Å². The largest absolute Gasteiger partial charge is 0.387 e. The number of hydrogen-bond donors (Lipinski definition) is 1. The van der Waals surface area contributed by atoms with Gasteiger partial charge in [-0.25, -0.2) is 0 Å². The molecule has 1 saturated carbocycles. The van der Waals surface area contributed by atoms with E-state index < -0.39 is 5.60 Å². The molecule has 1 rings (SSSR count). The summed E-state index contributed by atoms with van der Waals surface area (Å²) in [6.45, 7) is 7.95. The molecule has 2 heteroatoms. The first kappa shape index (κ1) is 14.0. The van der Waals surface area contributed by atoms with Gasteiger partial charge < -0.3 is 9.84 Å². The Labute approximate surface area is 100 Å². The Balaban J connectivity index is 2.35. The number of rotatable bonds is 6. The number of hydrogen-bond acceptors (Lipinski definition) is 2. The Hall–Kier alpha value is -0.0800. The van der Waals surface area contributed by atoms with Crippen molar-refractivity contribution < 1.29 is 9.84 Å². The van der Waals surface area contributed by atoms with Gasteiger partial charge in [0, 0.05) is 6.61 Å². The van der Waals surface area contributed by atoms with Gasteiger partial charge in [0.25, 0.3) is 0 Å². The van der Waals surface area contributed by atoms with E-state index in [4.69, 9.17) is 4.74 Å². The van der Waals surface area contributed by atoms with Gasteiger partial charge in [-0.15, -0.1) is 0 Å². The fraction of sp³-hybridized carbons (Fsp3) is 1.00. The van der Waals surface area contributed by atoms with Gasteiger partial charge in [0.2, 0.25) is 0 Å². The van der Waals surface area contributed by atoms with Gasteiger partial charge in [-0.3, -0.25) is 0 Å². The molecule has 0 radical (unpaired) electrons. The molecule has 0 saturated heterocycles. The van der Waals surface area contributed by atoms with E-state index >= 15 is 0 Å². The Morgan fingerprint density at radius 1 is 1.44 bits per heavy atom. The summed E-state index contributed by atoms with van der Waals surface area (Å²) in [7, 11) is 0. The quantitative estimate of drug-likeness (QED) is 0.706. The molecule has 0 amide bonds. The average Bonchev–Trinajstić information content (AvgIpc) is 2.16. The van der Waals surface area contributed by atoms with E-state index in [1.54, 1.807) is 0 Å². The zero-order chi connectivity index (χ0) is 12.0. The topological polar surface area (TPSA) is 29.5 Å². The molecule has 0 spiro atoms. The van der Waals surface area contributed by atoms with Crippen molar-refractivity contribution in [2.75, 3.05) is 13.2 Å². The lowest BCUT2D eigenvalue weighted by Gasteiger charge is -2.37. The van der Waals surface area contributed by atoms with Crippen LogP contribution in [0.4, 0.5) is 0 Å². The van der Waals surface area contributed by atoms with Crippen LogP contribution >= 0.6 is 0 Å². The molecule has 1 fully saturated rings. The van der Waals surface area contributed by atoms with Crippen LogP contribution < -0.4 is 0 Å². The van der Waals surface area contributed by atoms with Gasteiger partial charge in [-0.05, 0) is 37.5 Å². The number of aliphatic hydroxyl groups is 1. The lowest BCUT2D eigenvalue weighted by Crippen LogP contribution is -2.40. The maximum absolute atomic E-state index is 10.5. The first-order valence-electron chi connectivity index (χ1n) is 6.86. The Morgan fingerprint density at radius 2 is 2.19 bits per heavy atom. The SMILES string of the molecule is CCCOCC1(O)CCCC(CC(C)C)C1. The van der Waals surface area contributed by atoms with Crippen molar-refractivity contribution in [2.24, 2.45) is 11.8 Å². The zero-order valence-electron chi connectivity index (χ0n) is 11.2. The third kappa shape index (κ3) is 4.84. The van der Waals surface area contributed by atoms with E-state index in [2.05, 4.69) is 20.8 Å². The maximum atomic E-state index is 10.5. The van der Waals surface area contributed by atoms with Crippen molar-refractivity contribution in [3.8, 4) is 0 Å². The molecule has 1 aliphatic carbocycles. The lowest BCUT2D eigenvalue weighted by atomic mass is 9.75. The summed E-state index contributed by atoms with van der Waals surface area (Å²) >= 11 is 0. The zero-order valence-corrected chi connectivity index (χ0v) is 11.2. The molecule has 1 N–H and O–H groups in total. The first-order chi connectivity index (χ1) is 7.56. The molecule has 0 heterocycles. The molecule has 0 aliphatic heterocycles. The normalized spacial score (nSPS) is 30.9. The standard InChI is InChI=1S/C14H28O2/c1-4-8-16-11-14(15)7-5-6-13(10-14)9-12(2)3/h12-13,15H,4-11H2,1-3H3. The van der Waals surface area contributed by atoms with Crippen LogP contribution in [0.15, 0.2) is 0 Å². The van der Waals surface area contributed by atoms with E-state index in [0.717, 1.165) is 38.2 Å². The van der Waals surface area contributed by atoms with Crippen LogP contribution in [0.5, 0.6) is 0 Å². The molecule has 2 atom stereocenters. The van der Waals surface area contributed by atoms with Gasteiger partial charge in [-0.1, -0.05) is 33.6 Å². The second-order valence-electron chi connectivity index (χ2n) is 5.87. The van der Waals surface area contributed by atoms with Gasteiger partial charge >= 0.3 is 0 Å². The highest BCUT2D eigenvalue weighted by atomic mass is 16.5. The summed E-state index contributed by atoms with van der Waals surface area (Å²) in [6.07, 6.45) is 6.58. The van der Waals surface area contributed by atoms with Gasteiger partial charge in [0.05, 0.1) is 12.2 Å². The van der Waals surface area contributed by atoms with Crippen molar-refractivity contribution in [3.63, 3.8) is 0 Å². The Morgan fingerprint density at radius 3 is 2.81 bits per heavy atom. The first-order valence-corrected chi connectivity index (χ1v) is 6.86. The molecule has 96 valence electrons. The molecule has 0 bridgehead atoms. The van der Waals surface area contributed by atoms with Gasteiger partial charge in [0.1, 0.15) is 0 Å². The minimum Gasteiger partial charge on any atom is -0.387 e. The molecule has 2 unspecified atom stereocenters. The smallest absolute Gasteiger partial charge is 0.0882 e. The van der Waals surface area contributed by atoms with E-state index in [1.165, 1.54) is 12.8 Å². The second kappa shape index (κ2) is 6.61. The highest BCUT2D eigenvalue weighted by molar-refractivity contribution is 4.86. The maximum Gasteiger partial charge on any atom is 0.0882 e. The average molecular weight is 228 g/mol. The van der Waals surface area contributed by atoms with Crippen molar-refractivity contribution in [1.82, 2.24) is 0 Å².